The zero-order chi connectivity index (χ0) is 10.2. The van der Waals surface area contributed by atoms with Gasteiger partial charge in [0.1, 0.15) is 0 Å². The van der Waals surface area contributed by atoms with Crippen molar-refractivity contribution >= 4 is 5.96 Å². The lowest BCUT2D eigenvalue weighted by Crippen LogP contribution is -2.32. The number of hydrogen-bond donors (Lipinski definition) is 2. The van der Waals surface area contributed by atoms with Gasteiger partial charge in [-0.1, -0.05) is 6.92 Å². The summed E-state index contributed by atoms with van der Waals surface area (Å²) in [6, 6.07) is 3.85. The van der Waals surface area contributed by atoms with Crippen molar-refractivity contribution in [2.75, 3.05) is 6.54 Å². The van der Waals surface area contributed by atoms with E-state index in [2.05, 4.69) is 22.2 Å². The molecule has 0 radical (unpaired) electrons. The van der Waals surface area contributed by atoms with E-state index in [1.807, 2.05) is 12.1 Å². The average Bonchev–Trinajstić information content (AvgIpc) is 2.25. The van der Waals surface area contributed by atoms with Crippen molar-refractivity contribution in [1.29, 1.82) is 0 Å². The summed E-state index contributed by atoms with van der Waals surface area (Å²) in [5, 5.41) is 3.01. The third-order valence-electron chi connectivity index (χ3n) is 1.74. The molecule has 76 valence electrons. The Hall–Kier alpha value is -1.58. The van der Waals surface area contributed by atoms with E-state index in [4.69, 9.17) is 5.73 Å². The Kier molecular flexibility index (Phi) is 4.47. The summed E-state index contributed by atoms with van der Waals surface area (Å²) in [6.07, 6.45) is 4.55. The van der Waals surface area contributed by atoms with E-state index >= 15 is 0 Å². The molecule has 0 saturated carbocycles. The van der Waals surface area contributed by atoms with Crippen LogP contribution < -0.4 is 11.1 Å². The average molecular weight is 192 g/mol. The molecule has 0 unspecified atom stereocenters. The number of hydrogen-bond acceptors (Lipinski definition) is 2. The van der Waals surface area contributed by atoms with Gasteiger partial charge in [0.2, 0.25) is 0 Å². The summed E-state index contributed by atoms with van der Waals surface area (Å²) in [7, 11) is 0. The summed E-state index contributed by atoms with van der Waals surface area (Å²) in [5.74, 6) is 0.503. The Balaban J connectivity index is 2.39. The number of pyridine rings is 1. The van der Waals surface area contributed by atoms with Crippen molar-refractivity contribution in [3.8, 4) is 0 Å². The fraction of sp³-hybridized carbons (Fsp3) is 0.400. The van der Waals surface area contributed by atoms with Gasteiger partial charge in [0, 0.05) is 18.9 Å². The lowest BCUT2D eigenvalue weighted by atomic mass is 10.3. The molecule has 0 aliphatic heterocycles. The van der Waals surface area contributed by atoms with E-state index in [1.165, 1.54) is 0 Å². The van der Waals surface area contributed by atoms with Crippen LogP contribution in [-0.2, 0) is 6.54 Å². The zero-order valence-corrected chi connectivity index (χ0v) is 8.40. The molecule has 1 aromatic rings. The number of aliphatic imine (C=N–C) groups is 1. The van der Waals surface area contributed by atoms with Gasteiger partial charge in [0.05, 0.1) is 6.54 Å². The Morgan fingerprint density at radius 1 is 1.50 bits per heavy atom. The number of nitrogens with one attached hydrogen (secondary N) is 1. The molecule has 14 heavy (non-hydrogen) atoms. The highest BCUT2D eigenvalue weighted by atomic mass is 15.1. The lowest BCUT2D eigenvalue weighted by Gasteiger charge is -2.02. The molecule has 0 bridgehead atoms. The minimum atomic E-state index is 0.503. The molecular formula is C10H16N4. The Morgan fingerprint density at radius 2 is 2.21 bits per heavy atom. The minimum absolute atomic E-state index is 0.503. The van der Waals surface area contributed by atoms with Gasteiger partial charge in [-0.15, -0.1) is 0 Å². The molecule has 0 aromatic carbocycles. The Labute approximate surface area is 84.3 Å². The molecule has 0 saturated heterocycles. The van der Waals surface area contributed by atoms with E-state index in [-0.39, 0.29) is 0 Å². The van der Waals surface area contributed by atoms with Crippen LogP contribution in [0.25, 0.3) is 0 Å². The van der Waals surface area contributed by atoms with E-state index in [1.54, 1.807) is 12.4 Å². The number of guanidine groups is 1. The molecule has 0 amide bonds. The van der Waals surface area contributed by atoms with E-state index < -0.39 is 0 Å². The molecule has 0 fully saturated rings. The van der Waals surface area contributed by atoms with Crippen LogP contribution in [0.5, 0.6) is 0 Å². The molecule has 0 aliphatic carbocycles. The molecule has 1 rings (SSSR count). The standard InChI is InChI=1S/C10H16N4/c1-2-5-13-10(11)14-8-9-3-6-12-7-4-9/h3-4,6-7H,2,5,8H2,1H3,(H3,11,13,14). The molecule has 0 atom stereocenters. The highest BCUT2D eigenvalue weighted by Crippen LogP contribution is 1.97. The van der Waals surface area contributed by atoms with Crippen LogP contribution in [0.15, 0.2) is 29.5 Å². The number of aromatic nitrogens is 1. The third kappa shape index (κ3) is 3.89. The van der Waals surface area contributed by atoms with E-state index in [0.717, 1.165) is 18.5 Å². The fourth-order valence-corrected chi connectivity index (χ4v) is 0.974. The summed E-state index contributed by atoms with van der Waals surface area (Å²) in [6.45, 7) is 3.56. The fourth-order valence-electron chi connectivity index (χ4n) is 0.974. The van der Waals surface area contributed by atoms with Gasteiger partial charge in [-0.05, 0) is 24.1 Å². The van der Waals surface area contributed by atoms with Gasteiger partial charge in [0.15, 0.2) is 5.96 Å². The van der Waals surface area contributed by atoms with Crippen molar-refractivity contribution in [2.24, 2.45) is 10.7 Å². The molecule has 1 aromatic heterocycles. The van der Waals surface area contributed by atoms with Gasteiger partial charge in [-0.2, -0.15) is 0 Å². The maximum absolute atomic E-state index is 5.63. The van der Waals surface area contributed by atoms with Gasteiger partial charge in [-0.3, -0.25) is 4.98 Å². The first-order valence-corrected chi connectivity index (χ1v) is 4.75. The highest BCUT2D eigenvalue weighted by molar-refractivity contribution is 5.77. The Bertz CT molecular complexity index is 281. The zero-order valence-electron chi connectivity index (χ0n) is 8.40. The molecule has 0 aliphatic rings. The normalized spacial score (nSPS) is 11.4. The minimum Gasteiger partial charge on any atom is -0.370 e. The second-order valence-corrected chi connectivity index (χ2v) is 2.98. The van der Waals surface area contributed by atoms with Crippen molar-refractivity contribution in [3.63, 3.8) is 0 Å². The quantitative estimate of drug-likeness (QED) is 0.550. The summed E-state index contributed by atoms with van der Waals surface area (Å²) in [4.78, 5) is 8.11. The maximum Gasteiger partial charge on any atom is 0.188 e. The first-order valence-electron chi connectivity index (χ1n) is 4.75. The molecule has 3 N–H and O–H groups in total. The predicted octanol–water partition coefficient (Wildman–Crippen LogP) is 0.896. The summed E-state index contributed by atoms with van der Waals surface area (Å²) < 4.78 is 0. The first kappa shape index (κ1) is 10.5. The molecule has 0 spiro atoms. The summed E-state index contributed by atoms with van der Waals surface area (Å²) in [5.41, 5.74) is 6.74. The topological polar surface area (TPSA) is 63.3 Å². The van der Waals surface area contributed by atoms with Crippen LogP contribution in [-0.4, -0.2) is 17.5 Å². The van der Waals surface area contributed by atoms with E-state index in [0.29, 0.717) is 12.5 Å². The van der Waals surface area contributed by atoms with Gasteiger partial charge < -0.3 is 11.1 Å². The van der Waals surface area contributed by atoms with Crippen molar-refractivity contribution in [3.05, 3.63) is 30.1 Å². The van der Waals surface area contributed by atoms with Crippen LogP contribution in [0.2, 0.25) is 0 Å². The van der Waals surface area contributed by atoms with Crippen molar-refractivity contribution in [2.45, 2.75) is 19.9 Å². The molecule has 4 nitrogen and oxygen atoms in total. The smallest absolute Gasteiger partial charge is 0.188 e. The van der Waals surface area contributed by atoms with Crippen molar-refractivity contribution < 1.29 is 0 Å². The third-order valence-corrected chi connectivity index (χ3v) is 1.74. The summed E-state index contributed by atoms with van der Waals surface area (Å²) >= 11 is 0. The van der Waals surface area contributed by atoms with Gasteiger partial charge >= 0.3 is 0 Å². The molecule has 1 heterocycles. The lowest BCUT2D eigenvalue weighted by molar-refractivity contribution is 0.825. The van der Waals surface area contributed by atoms with E-state index in [9.17, 15) is 0 Å². The predicted molar refractivity (Wildman–Crippen MR) is 57.9 cm³/mol. The SMILES string of the molecule is CCCNC(N)=NCc1ccncc1. The monoisotopic (exact) mass is 192 g/mol. The second kappa shape index (κ2) is 5.96. The Morgan fingerprint density at radius 3 is 2.86 bits per heavy atom. The van der Waals surface area contributed by atoms with Crippen LogP contribution in [0, 0.1) is 0 Å². The largest absolute Gasteiger partial charge is 0.370 e. The molecular weight excluding hydrogens is 176 g/mol. The van der Waals surface area contributed by atoms with Crippen LogP contribution >= 0.6 is 0 Å². The maximum atomic E-state index is 5.63. The molecule has 4 heteroatoms. The second-order valence-electron chi connectivity index (χ2n) is 2.98. The van der Waals surface area contributed by atoms with Gasteiger partial charge in [-0.25, -0.2) is 4.99 Å². The van der Waals surface area contributed by atoms with Crippen molar-refractivity contribution in [1.82, 2.24) is 10.3 Å². The number of nitrogens with zero attached hydrogens (tertiary/aromatic N) is 2. The highest BCUT2D eigenvalue weighted by Gasteiger charge is 1.91. The number of rotatable bonds is 4. The first-order chi connectivity index (χ1) is 6.83. The van der Waals surface area contributed by atoms with Crippen LogP contribution in [0.3, 0.4) is 0 Å². The van der Waals surface area contributed by atoms with Crippen LogP contribution in [0.4, 0.5) is 0 Å². The number of nitrogens with two attached hydrogens (primary N) is 1. The van der Waals surface area contributed by atoms with Crippen LogP contribution in [0.1, 0.15) is 18.9 Å². The van der Waals surface area contributed by atoms with Gasteiger partial charge in [0.25, 0.3) is 0 Å².